The van der Waals surface area contributed by atoms with Crippen molar-refractivity contribution in [1.82, 2.24) is 5.32 Å². The molecule has 4 nitrogen and oxygen atoms in total. The van der Waals surface area contributed by atoms with Crippen molar-refractivity contribution in [2.75, 3.05) is 19.8 Å². The van der Waals surface area contributed by atoms with Crippen LogP contribution < -0.4 is 10.1 Å². The van der Waals surface area contributed by atoms with Crippen molar-refractivity contribution >= 4 is 21.8 Å². The first kappa shape index (κ1) is 18.0. The van der Waals surface area contributed by atoms with Gasteiger partial charge in [-0.2, -0.15) is 0 Å². The molecule has 0 aliphatic carbocycles. The second-order valence-electron chi connectivity index (χ2n) is 4.89. The van der Waals surface area contributed by atoms with E-state index in [2.05, 4.69) is 21.2 Å². The van der Waals surface area contributed by atoms with Gasteiger partial charge in [-0.25, -0.2) is 0 Å². The Hall–Kier alpha value is -1.07. The summed E-state index contributed by atoms with van der Waals surface area (Å²) in [5, 5.41) is 11.5. The molecule has 1 rings (SSSR count). The minimum Gasteiger partial charge on any atom is -0.494 e. The Bertz CT molecular complexity index is 395. The maximum absolute atomic E-state index is 11.6. The second-order valence-corrected chi connectivity index (χ2v) is 5.81. The van der Waals surface area contributed by atoms with E-state index in [1.165, 1.54) is 0 Å². The number of carbonyl (C=O) groups is 1. The van der Waals surface area contributed by atoms with Gasteiger partial charge in [0.1, 0.15) is 5.75 Å². The normalized spacial score (nSPS) is 10.4. The molecule has 2 N–H and O–H groups in total. The Morgan fingerprint density at radius 2 is 1.81 bits per heavy atom. The topological polar surface area (TPSA) is 58.6 Å². The van der Waals surface area contributed by atoms with E-state index in [4.69, 9.17) is 9.84 Å². The van der Waals surface area contributed by atoms with Crippen LogP contribution in [0.25, 0.3) is 0 Å². The van der Waals surface area contributed by atoms with Gasteiger partial charge >= 0.3 is 0 Å². The van der Waals surface area contributed by atoms with Gasteiger partial charge in [0.05, 0.1) is 6.61 Å². The molecule has 0 heterocycles. The molecule has 0 bridgehead atoms. The molecular formula is C16H24BrNO3. The predicted octanol–water partition coefficient (Wildman–Crippen LogP) is 3.28. The number of rotatable bonds is 11. The van der Waals surface area contributed by atoms with Gasteiger partial charge in [0.25, 0.3) is 0 Å². The zero-order valence-corrected chi connectivity index (χ0v) is 13.9. The number of aliphatic hydroxyl groups excluding tert-OH is 1. The first-order valence-corrected chi connectivity index (χ1v) is 8.27. The smallest absolute Gasteiger partial charge is 0.220 e. The number of benzene rings is 1. The number of nitrogens with one attached hydrogen (secondary N) is 1. The quantitative estimate of drug-likeness (QED) is 0.597. The number of aliphatic hydroxyl groups is 1. The molecular weight excluding hydrogens is 334 g/mol. The lowest BCUT2D eigenvalue weighted by Crippen LogP contribution is -2.24. The van der Waals surface area contributed by atoms with Crippen LogP contribution >= 0.6 is 15.9 Å². The van der Waals surface area contributed by atoms with Crippen LogP contribution in [0.4, 0.5) is 0 Å². The number of unbranched alkanes of at least 4 members (excludes halogenated alkanes) is 3. The van der Waals surface area contributed by atoms with Crippen LogP contribution in [0.15, 0.2) is 28.7 Å². The molecule has 0 aliphatic heterocycles. The van der Waals surface area contributed by atoms with Gasteiger partial charge in [0.2, 0.25) is 5.91 Å². The number of hydrogen-bond acceptors (Lipinski definition) is 3. The van der Waals surface area contributed by atoms with Crippen molar-refractivity contribution in [1.29, 1.82) is 0 Å². The summed E-state index contributed by atoms with van der Waals surface area (Å²) in [6.45, 7) is 1.52. The molecule has 0 aromatic heterocycles. The molecule has 0 saturated heterocycles. The van der Waals surface area contributed by atoms with Crippen molar-refractivity contribution < 1.29 is 14.6 Å². The van der Waals surface area contributed by atoms with Gasteiger partial charge in [-0.15, -0.1) is 0 Å². The number of amides is 1. The van der Waals surface area contributed by atoms with E-state index in [0.29, 0.717) is 19.4 Å². The third-order valence-electron chi connectivity index (χ3n) is 3.04. The average Bonchev–Trinajstić information content (AvgIpc) is 2.49. The van der Waals surface area contributed by atoms with Crippen LogP contribution in [0.5, 0.6) is 5.75 Å². The van der Waals surface area contributed by atoms with Gasteiger partial charge in [0, 0.05) is 24.0 Å². The Morgan fingerprint density at radius 3 is 2.52 bits per heavy atom. The summed E-state index contributed by atoms with van der Waals surface area (Å²) in [5.74, 6) is 0.902. The third kappa shape index (κ3) is 9.47. The molecule has 0 unspecified atom stereocenters. The lowest BCUT2D eigenvalue weighted by molar-refractivity contribution is -0.121. The SMILES string of the molecule is O=C(CCCOc1ccc(Br)cc1)NCCCCCCO. The second kappa shape index (κ2) is 11.6. The lowest BCUT2D eigenvalue weighted by Gasteiger charge is -2.07. The standard InChI is InChI=1S/C16H24BrNO3/c17-14-7-9-15(10-8-14)21-13-5-6-16(20)18-11-3-1-2-4-12-19/h7-10,19H,1-6,11-13H2,(H,18,20). The maximum Gasteiger partial charge on any atom is 0.220 e. The Morgan fingerprint density at radius 1 is 1.10 bits per heavy atom. The van der Waals surface area contributed by atoms with Crippen molar-refractivity contribution in [3.63, 3.8) is 0 Å². The number of halogens is 1. The summed E-state index contributed by atoms with van der Waals surface area (Å²) in [7, 11) is 0. The molecule has 1 amide bonds. The first-order chi connectivity index (χ1) is 10.2. The number of ether oxygens (including phenoxy) is 1. The molecule has 0 fully saturated rings. The van der Waals surface area contributed by atoms with E-state index >= 15 is 0 Å². The van der Waals surface area contributed by atoms with E-state index in [9.17, 15) is 4.79 Å². The summed E-state index contributed by atoms with van der Waals surface area (Å²) < 4.78 is 6.58. The van der Waals surface area contributed by atoms with Crippen LogP contribution in [0.1, 0.15) is 38.5 Å². The van der Waals surface area contributed by atoms with Crippen LogP contribution in [-0.4, -0.2) is 30.8 Å². The maximum atomic E-state index is 11.6. The fraction of sp³-hybridized carbons (Fsp3) is 0.562. The van der Waals surface area contributed by atoms with E-state index in [1.54, 1.807) is 0 Å². The fourth-order valence-electron chi connectivity index (χ4n) is 1.86. The minimum atomic E-state index is 0.0802. The zero-order valence-electron chi connectivity index (χ0n) is 12.3. The highest BCUT2D eigenvalue weighted by atomic mass is 79.9. The lowest BCUT2D eigenvalue weighted by atomic mass is 10.2. The van der Waals surface area contributed by atoms with Crippen molar-refractivity contribution in [3.8, 4) is 5.75 Å². The van der Waals surface area contributed by atoms with E-state index in [-0.39, 0.29) is 12.5 Å². The zero-order chi connectivity index (χ0) is 15.3. The minimum absolute atomic E-state index is 0.0802. The van der Waals surface area contributed by atoms with Crippen LogP contribution in [0.2, 0.25) is 0 Å². The average molecular weight is 358 g/mol. The van der Waals surface area contributed by atoms with E-state index in [1.807, 2.05) is 24.3 Å². The molecule has 1 aromatic carbocycles. The van der Waals surface area contributed by atoms with Gasteiger partial charge in [0.15, 0.2) is 0 Å². The van der Waals surface area contributed by atoms with Crippen molar-refractivity contribution in [2.24, 2.45) is 0 Å². The largest absolute Gasteiger partial charge is 0.494 e. The van der Waals surface area contributed by atoms with Gasteiger partial charge < -0.3 is 15.2 Å². The third-order valence-corrected chi connectivity index (χ3v) is 3.57. The highest BCUT2D eigenvalue weighted by molar-refractivity contribution is 9.10. The number of hydrogen-bond donors (Lipinski definition) is 2. The summed E-state index contributed by atoms with van der Waals surface area (Å²) in [5.41, 5.74) is 0. The van der Waals surface area contributed by atoms with Gasteiger partial charge in [-0.3, -0.25) is 4.79 Å². The van der Waals surface area contributed by atoms with Crippen LogP contribution in [-0.2, 0) is 4.79 Å². The Labute approximate surface area is 135 Å². The van der Waals surface area contributed by atoms with Crippen molar-refractivity contribution in [3.05, 3.63) is 28.7 Å². The summed E-state index contributed by atoms with van der Waals surface area (Å²) in [6, 6.07) is 7.66. The van der Waals surface area contributed by atoms with E-state index < -0.39 is 0 Å². The molecule has 0 aliphatic rings. The monoisotopic (exact) mass is 357 g/mol. The number of carbonyl (C=O) groups excluding carboxylic acids is 1. The van der Waals surface area contributed by atoms with Crippen molar-refractivity contribution in [2.45, 2.75) is 38.5 Å². The molecule has 0 spiro atoms. The van der Waals surface area contributed by atoms with E-state index in [0.717, 1.165) is 42.5 Å². The molecule has 0 radical (unpaired) electrons. The predicted molar refractivity (Wildman–Crippen MR) is 87.4 cm³/mol. The summed E-state index contributed by atoms with van der Waals surface area (Å²) in [6.07, 6.45) is 5.10. The first-order valence-electron chi connectivity index (χ1n) is 7.48. The highest BCUT2D eigenvalue weighted by Crippen LogP contribution is 2.16. The fourth-order valence-corrected chi connectivity index (χ4v) is 2.12. The summed E-state index contributed by atoms with van der Waals surface area (Å²) >= 11 is 3.37. The van der Waals surface area contributed by atoms with Crippen LogP contribution in [0.3, 0.4) is 0 Å². The molecule has 0 atom stereocenters. The molecule has 1 aromatic rings. The van der Waals surface area contributed by atoms with Crippen LogP contribution in [0, 0.1) is 0 Å². The highest BCUT2D eigenvalue weighted by Gasteiger charge is 2.01. The molecule has 118 valence electrons. The summed E-state index contributed by atoms with van der Waals surface area (Å²) in [4.78, 5) is 11.6. The Kier molecular flexibility index (Phi) is 9.91. The van der Waals surface area contributed by atoms with Gasteiger partial charge in [-0.05, 0) is 43.5 Å². The Balaban J connectivity index is 1.97. The molecule has 21 heavy (non-hydrogen) atoms. The van der Waals surface area contributed by atoms with Gasteiger partial charge in [-0.1, -0.05) is 28.8 Å². The molecule has 5 heteroatoms. The molecule has 0 saturated carbocycles.